The van der Waals surface area contributed by atoms with Gasteiger partial charge in [-0.2, -0.15) is 0 Å². The zero-order valence-electron chi connectivity index (χ0n) is 10.8. The van der Waals surface area contributed by atoms with Crippen molar-refractivity contribution in [2.45, 2.75) is 19.5 Å². The highest BCUT2D eigenvalue weighted by Crippen LogP contribution is 2.24. The minimum absolute atomic E-state index is 0.160. The molecule has 0 spiro atoms. The van der Waals surface area contributed by atoms with E-state index >= 15 is 0 Å². The molecule has 2 aromatic heterocycles. The smallest absolute Gasteiger partial charge is 0.339 e. The predicted molar refractivity (Wildman–Crippen MR) is 73.2 cm³/mol. The number of aromatic carboxylic acids is 1. The van der Waals surface area contributed by atoms with Crippen molar-refractivity contribution in [3.63, 3.8) is 0 Å². The second-order valence-electron chi connectivity index (χ2n) is 4.29. The first kappa shape index (κ1) is 13.6. The molecular formula is C13H15N3O2S. The van der Waals surface area contributed by atoms with E-state index in [0.29, 0.717) is 12.2 Å². The lowest BCUT2D eigenvalue weighted by Crippen LogP contribution is -2.23. The van der Waals surface area contributed by atoms with E-state index in [9.17, 15) is 4.79 Å². The van der Waals surface area contributed by atoms with Gasteiger partial charge in [-0.3, -0.25) is 4.90 Å². The van der Waals surface area contributed by atoms with E-state index in [1.807, 2.05) is 18.5 Å². The molecule has 5 nitrogen and oxygen atoms in total. The number of hydrogen-bond donors (Lipinski definition) is 1. The molecule has 0 amide bonds. The van der Waals surface area contributed by atoms with Gasteiger partial charge in [0.15, 0.2) is 0 Å². The van der Waals surface area contributed by atoms with E-state index in [2.05, 4.69) is 27.9 Å². The Labute approximate surface area is 115 Å². The Kier molecular flexibility index (Phi) is 4.24. The minimum Gasteiger partial charge on any atom is -0.478 e. The number of rotatable bonds is 5. The van der Waals surface area contributed by atoms with Crippen molar-refractivity contribution in [3.05, 3.63) is 46.2 Å². The highest BCUT2D eigenvalue weighted by molar-refractivity contribution is 7.10. The number of aromatic nitrogens is 2. The molecule has 0 aliphatic heterocycles. The quantitative estimate of drug-likeness (QED) is 0.909. The van der Waals surface area contributed by atoms with Crippen LogP contribution >= 0.6 is 11.3 Å². The molecule has 1 N–H and O–H groups in total. The molecule has 100 valence electrons. The summed E-state index contributed by atoms with van der Waals surface area (Å²) in [7, 11) is 1.96. The molecular weight excluding hydrogens is 262 g/mol. The Morgan fingerprint density at radius 1 is 1.58 bits per heavy atom. The summed E-state index contributed by atoms with van der Waals surface area (Å²) in [6.07, 6.45) is 2.72. The third kappa shape index (κ3) is 3.15. The van der Waals surface area contributed by atoms with Crippen LogP contribution in [0.4, 0.5) is 0 Å². The third-order valence-corrected chi connectivity index (χ3v) is 4.08. The highest BCUT2D eigenvalue weighted by atomic mass is 32.1. The molecule has 0 saturated heterocycles. The third-order valence-electron chi connectivity index (χ3n) is 3.04. The minimum atomic E-state index is -0.993. The van der Waals surface area contributed by atoms with Crippen LogP contribution in [0.25, 0.3) is 0 Å². The molecule has 0 aromatic carbocycles. The van der Waals surface area contributed by atoms with Crippen LogP contribution < -0.4 is 0 Å². The zero-order chi connectivity index (χ0) is 13.8. The van der Waals surface area contributed by atoms with Gasteiger partial charge in [-0.05, 0) is 25.4 Å². The van der Waals surface area contributed by atoms with Gasteiger partial charge < -0.3 is 5.11 Å². The summed E-state index contributed by atoms with van der Waals surface area (Å²) < 4.78 is 0. The first-order valence-corrected chi connectivity index (χ1v) is 6.73. The van der Waals surface area contributed by atoms with Gasteiger partial charge in [-0.1, -0.05) is 6.07 Å². The Balaban J connectivity index is 2.15. The predicted octanol–water partition coefficient (Wildman–Crippen LogP) is 2.43. The van der Waals surface area contributed by atoms with E-state index in [1.54, 1.807) is 11.3 Å². The van der Waals surface area contributed by atoms with Crippen molar-refractivity contribution < 1.29 is 9.90 Å². The standard InChI is InChI=1S/C13H15N3O2S/c1-9(12-4-3-5-19-12)16(2)7-11-10(13(17)18)6-14-8-15-11/h3-6,8-9H,7H2,1-2H3,(H,17,18). The summed E-state index contributed by atoms with van der Waals surface area (Å²) in [5.41, 5.74) is 0.695. The second-order valence-corrected chi connectivity index (χ2v) is 5.27. The summed E-state index contributed by atoms with van der Waals surface area (Å²) in [5.74, 6) is -0.993. The summed E-state index contributed by atoms with van der Waals surface area (Å²) in [6, 6.07) is 4.30. The summed E-state index contributed by atoms with van der Waals surface area (Å²) >= 11 is 1.69. The summed E-state index contributed by atoms with van der Waals surface area (Å²) in [5, 5.41) is 11.1. The normalized spacial score (nSPS) is 12.6. The van der Waals surface area contributed by atoms with Gasteiger partial charge in [-0.25, -0.2) is 14.8 Å². The van der Waals surface area contributed by atoms with Crippen molar-refractivity contribution in [1.29, 1.82) is 0 Å². The molecule has 0 saturated carbocycles. The molecule has 6 heteroatoms. The number of nitrogens with zero attached hydrogens (tertiary/aromatic N) is 3. The van der Waals surface area contributed by atoms with Crippen molar-refractivity contribution >= 4 is 17.3 Å². The lowest BCUT2D eigenvalue weighted by molar-refractivity contribution is 0.0693. The first-order valence-electron chi connectivity index (χ1n) is 5.85. The molecule has 0 radical (unpaired) electrons. The fourth-order valence-electron chi connectivity index (χ4n) is 1.78. The average Bonchev–Trinajstić information content (AvgIpc) is 2.92. The summed E-state index contributed by atoms with van der Waals surface area (Å²) in [4.78, 5) is 22.3. The van der Waals surface area contributed by atoms with Crippen LogP contribution in [0.5, 0.6) is 0 Å². The van der Waals surface area contributed by atoms with Gasteiger partial charge in [0, 0.05) is 23.7 Å². The molecule has 19 heavy (non-hydrogen) atoms. The van der Waals surface area contributed by atoms with Gasteiger partial charge in [-0.15, -0.1) is 11.3 Å². The Morgan fingerprint density at radius 3 is 3.00 bits per heavy atom. The second kappa shape index (κ2) is 5.90. The first-order chi connectivity index (χ1) is 9.09. The average molecular weight is 277 g/mol. The largest absolute Gasteiger partial charge is 0.478 e. The maximum atomic E-state index is 11.1. The van der Waals surface area contributed by atoms with Crippen LogP contribution in [0.3, 0.4) is 0 Å². The van der Waals surface area contributed by atoms with Gasteiger partial charge in [0.25, 0.3) is 0 Å². The van der Waals surface area contributed by atoms with E-state index in [1.165, 1.54) is 17.4 Å². The van der Waals surface area contributed by atoms with Crippen molar-refractivity contribution in [2.24, 2.45) is 0 Å². The topological polar surface area (TPSA) is 66.3 Å². The molecule has 2 rings (SSSR count). The monoisotopic (exact) mass is 277 g/mol. The van der Waals surface area contributed by atoms with E-state index < -0.39 is 5.97 Å². The van der Waals surface area contributed by atoms with Gasteiger partial charge in [0.2, 0.25) is 0 Å². The van der Waals surface area contributed by atoms with Crippen LogP contribution in [0.1, 0.15) is 33.9 Å². The molecule has 1 unspecified atom stereocenters. The number of carbonyl (C=O) groups is 1. The molecule has 2 heterocycles. The zero-order valence-corrected chi connectivity index (χ0v) is 11.6. The van der Waals surface area contributed by atoms with Crippen molar-refractivity contribution in [1.82, 2.24) is 14.9 Å². The SMILES string of the molecule is CC(c1cccs1)N(C)Cc1ncncc1C(=O)O. The molecule has 0 aliphatic carbocycles. The highest BCUT2D eigenvalue weighted by Gasteiger charge is 2.17. The van der Waals surface area contributed by atoms with Crippen molar-refractivity contribution in [2.75, 3.05) is 7.05 Å². The molecule has 0 bridgehead atoms. The molecule has 1 atom stereocenters. The van der Waals surface area contributed by atoms with E-state index in [4.69, 9.17) is 5.11 Å². The lowest BCUT2D eigenvalue weighted by Gasteiger charge is -2.23. The number of carboxylic acid groups (broad SMARTS) is 1. The van der Waals surface area contributed by atoms with Crippen LogP contribution in [-0.2, 0) is 6.54 Å². The summed E-state index contributed by atoms with van der Waals surface area (Å²) in [6.45, 7) is 2.57. The van der Waals surface area contributed by atoms with Crippen LogP contribution in [0.15, 0.2) is 30.0 Å². The van der Waals surface area contributed by atoms with E-state index in [0.717, 1.165) is 0 Å². The van der Waals surface area contributed by atoms with Crippen LogP contribution in [-0.4, -0.2) is 33.0 Å². The van der Waals surface area contributed by atoms with Gasteiger partial charge >= 0.3 is 5.97 Å². The Bertz CT molecular complexity index is 557. The maximum absolute atomic E-state index is 11.1. The molecule has 0 aliphatic rings. The van der Waals surface area contributed by atoms with Gasteiger partial charge in [0.05, 0.1) is 5.69 Å². The lowest BCUT2D eigenvalue weighted by atomic mass is 10.2. The molecule has 0 fully saturated rings. The Hall–Kier alpha value is -1.79. The van der Waals surface area contributed by atoms with Gasteiger partial charge in [0.1, 0.15) is 11.9 Å². The number of hydrogen-bond acceptors (Lipinski definition) is 5. The number of thiophene rings is 1. The number of carboxylic acids is 1. The van der Waals surface area contributed by atoms with Crippen LogP contribution in [0.2, 0.25) is 0 Å². The fourth-order valence-corrected chi connectivity index (χ4v) is 2.63. The van der Waals surface area contributed by atoms with E-state index in [-0.39, 0.29) is 11.6 Å². The fraction of sp³-hybridized carbons (Fsp3) is 0.308. The van der Waals surface area contributed by atoms with Crippen molar-refractivity contribution in [3.8, 4) is 0 Å². The van der Waals surface area contributed by atoms with Crippen LogP contribution in [0, 0.1) is 0 Å². The molecule has 2 aromatic rings. The maximum Gasteiger partial charge on any atom is 0.339 e. The Morgan fingerprint density at radius 2 is 2.37 bits per heavy atom.